The van der Waals surface area contributed by atoms with Crippen LogP contribution in [0.5, 0.6) is 0 Å². The summed E-state index contributed by atoms with van der Waals surface area (Å²) in [5, 5.41) is 27.3. The molecule has 0 amide bonds. The molecule has 1 aliphatic rings. The fourth-order valence-electron chi connectivity index (χ4n) is 3.56. The Balaban J connectivity index is 1.83. The Bertz CT molecular complexity index is 515. The van der Waals surface area contributed by atoms with Crippen molar-refractivity contribution >= 4 is 13.1 Å². The second kappa shape index (κ2) is 9.18. The lowest BCUT2D eigenvalue weighted by Gasteiger charge is -2.21. The largest absolute Gasteiger partial charge is 0.481 e. The van der Waals surface area contributed by atoms with Gasteiger partial charge in [0.25, 0.3) is 0 Å². The van der Waals surface area contributed by atoms with E-state index in [1.165, 1.54) is 5.56 Å². The first-order valence-corrected chi connectivity index (χ1v) is 8.56. The summed E-state index contributed by atoms with van der Waals surface area (Å²) >= 11 is 0. The molecule has 1 aliphatic heterocycles. The molecule has 0 aliphatic carbocycles. The van der Waals surface area contributed by atoms with Gasteiger partial charge in [-0.3, -0.25) is 4.79 Å². The molecule has 0 spiro atoms. The minimum absolute atomic E-state index is 0.0279. The molecule has 1 heterocycles. The highest BCUT2D eigenvalue weighted by Crippen LogP contribution is 2.28. The fourth-order valence-corrected chi connectivity index (χ4v) is 3.56. The van der Waals surface area contributed by atoms with Crippen LogP contribution in [0.15, 0.2) is 30.3 Å². The van der Waals surface area contributed by atoms with Gasteiger partial charge in [0.05, 0.1) is 5.92 Å². The number of aliphatic carboxylic acids is 1. The Morgan fingerprint density at radius 1 is 1.29 bits per heavy atom. The van der Waals surface area contributed by atoms with Gasteiger partial charge in [0.2, 0.25) is 0 Å². The highest BCUT2D eigenvalue weighted by molar-refractivity contribution is 6.40. The first kappa shape index (κ1) is 18.9. The van der Waals surface area contributed by atoms with Crippen LogP contribution in [0.25, 0.3) is 0 Å². The summed E-state index contributed by atoms with van der Waals surface area (Å²) in [6.45, 7) is 1.91. The maximum Gasteiger partial charge on any atom is 0.451 e. The number of benzene rings is 1. The van der Waals surface area contributed by atoms with Gasteiger partial charge in [-0.05, 0) is 30.6 Å². The molecule has 0 radical (unpaired) electrons. The van der Waals surface area contributed by atoms with E-state index in [4.69, 9.17) is 15.8 Å². The number of carbonyl (C=O) groups is 1. The van der Waals surface area contributed by atoms with Crippen LogP contribution >= 0.6 is 0 Å². The molecular formula is C17H27BN2O4. The number of carboxylic acid groups (broad SMARTS) is 1. The number of hydrogen-bond donors (Lipinski definition) is 4. The summed E-state index contributed by atoms with van der Waals surface area (Å²) in [4.78, 5) is 13.6. The standard InChI is InChI=1S/C17H27BN2O4/c19-15(9-13-5-2-1-3-6-13)11-20-10-14(7-4-8-18(23)24)16(12-20)17(21)22/h1-3,5-6,14-16,23-24H,4,7-12,19H2,(H,21,22)/t14-,15?,16+/m0/s1. The van der Waals surface area contributed by atoms with Gasteiger partial charge in [0.1, 0.15) is 0 Å². The van der Waals surface area contributed by atoms with Crippen molar-refractivity contribution in [3.63, 3.8) is 0 Å². The number of carboxylic acids is 1. The number of nitrogens with two attached hydrogens (primary N) is 1. The first-order chi connectivity index (χ1) is 11.5. The number of nitrogens with zero attached hydrogens (tertiary/aromatic N) is 1. The number of likely N-dealkylation sites (tertiary alicyclic amines) is 1. The van der Waals surface area contributed by atoms with Gasteiger partial charge in [0, 0.05) is 25.7 Å². The molecule has 6 nitrogen and oxygen atoms in total. The molecule has 0 saturated carbocycles. The Morgan fingerprint density at radius 2 is 2.00 bits per heavy atom. The third-order valence-electron chi connectivity index (χ3n) is 4.70. The molecule has 3 atom stereocenters. The second-order valence-electron chi connectivity index (χ2n) is 6.78. The van der Waals surface area contributed by atoms with Gasteiger partial charge in [0.15, 0.2) is 0 Å². The van der Waals surface area contributed by atoms with Crippen molar-refractivity contribution in [3.8, 4) is 0 Å². The van der Waals surface area contributed by atoms with Crippen LogP contribution < -0.4 is 5.73 Å². The molecule has 1 saturated heterocycles. The quantitative estimate of drug-likeness (QED) is 0.488. The highest BCUT2D eigenvalue weighted by atomic mass is 16.4. The van der Waals surface area contributed by atoms with Crippen molar-refractivity contribution in [3.05, 3.63) is 35.9 Å². The van der Waals surface area contributed by atoms with Crippen molar-refractivity contribution in [2.24, 2.45) is 17.6 Å². The molecule has 0 bridgehead atoms. The maximum absolute atomic E-state index is 11.5. The van der Waals surface area contributed by atoms with E-state index >= 15 is 0 Å². The molecule has 7 heteroatoms. The lowest BCUT2D eigenvalue weighted by Crippen LogP contribution is -2.38. The van der Waals surface area contributed by atoms with E-state index in [9.17, 15) is 9.90 Å². The molecular weight excluding hydrogens is 307 g/mol. The zero-order chi connectivity index (χ0) is 17.5. The Hall–Kier alpha value is -1.41. The van der Waals surface area contributed by atoms with Gasteiger partial charge in [-0.1, -0.05) is 36.8 Å². The van der Waals surface area contributed by atoms with E-state index in [0.717, 1.165) is 6.42 Å². The fraction of sp³-hybridized carbons (Fsp3) is 0.588. The van der Waals surface area contributed by atoms with Crippen LogP contribution in [0.3, 0.4) is 0 Å². The summed E-state index contributed by atoms with van der Waals surface area (Å²) in [7, 11) is -1.31. The topological polar surface area (TPSA) is 107 Å². The molecule has 1 fully saturated rings. The lowest BCUT2D eigenvalue weighted by molar-refractivity contribution is -0.142. The van der Waals surface area contributed by atoms with Crippen molar-refractivity contribution in [1.29, 1.82) is 0 Å². The SMILES string of the molecule is NC(Cc1ccccc1)CN1C[C@H](CCCB(O)O)[C@H](C(=O)O)C1. The van der Waals surface area contributed by atoms with E-state index < -0.39 is 19.0 Å². The summed E-state index contributed by atoms with van der Waals surface area (Å²) in [6.07, 6.45) is 2.38. The summed E-state index contributed by atoms with van der Waals surface area (Å²) < 4.78 is 0. The van der Waals surface area contributed by atoms with E-state index in [1.807, 2.05) is 30.3 Å². The first-order valence-electron chi connectivity index (χ1n) is 8.56. The van der Waals surface area contributed by atoms with Crippen LogP contribution in [0.1, 0.15) is 18.4 Å². The smallest absolute Gasteiger partial charge is 0.451 e. The monoisotopic (exact) mass is 334 g/mol. The van der Waals surface area contributed by atoms with Crippen molar-refractivity contribution in [2.75, 3.05) is 19.6 Å². The predicted octanol–water partition coefficient (Wildman–Crippen LogP) is 0.442. The minimum Gasteiger partial charge on any atom is -0.481 e. The highest BCUT2D eigenvalue weighted by Gasteiger charge is 2.37. The molecule has 24 heavy (non-hydrogen) atoms. The van der Waals surface area contributed by atoms with Gasteiger partial charge in [-0.2, -0.15) is 0 Å². The molecule has 132 valence electrons. The zero-order valence-corrected chi connectivity index (χ0v) is 13.9. The van der Waals surface area contributed by atoms with E-state index in [-0.39, 0.29) is 18.3 Å². The summed E-state index contributed by atoms with van der Waals surface area (Å²) in [5.74, 6) is -1.13. The Morgan fingerprint density at radius 3 is 2.62 bits per heavy atom. The number of hydrogen-bond acceptors (Lipinski definition) is 5. The van der Waals surface area contributed by atoms with Gasteiger partial charge < -0.3 is 25.8 Å². The molecule has 5 N–H and O–H groups in total. The van der Waals surface area contributed by atoms with Crippen LogP contribution in [0.4, 0.5) is 0 Å². The van der Waals surface area contributed by atoms with Crippen molar-refractivity contribution in [1.82, 2.24) is 4.90 Å². The Kier molecular flexibility index (Phi) is 7.24. The average molecular weight is 334 g/mol. The van der Waals surface area contributed by atoms with Crippen LogP contribution in [0.2, 0.25) is 6.32 Å². The molecule has 1 unspecified atom stereocenters. The molecule has 0 aromatic heterocycles. The van der Waals surface area contributed by atoms with Gasteiger partial charge >= 0.3 is 13.1 Å². The van der Waals surface area contributed by atoms with Gasteiger partial charge in [-0.25, -0.2) is 0 Å². The Labute approximate surface area is 143 Å². The molecule has 2 rings (SSSR count). The van der Waals surface area contributed by atoms with E-state index in [1.54, 1.807) is 0 Å². The minimum atomic E-state index is -1.31. The van der Waals surface area contributed by atoms with Crippen LogP contribution in [-0.4, -0.2) is 58.8 Å². The summed E-state index contributed by atoms with van der Waals surface area (Å²) in [5.41, 5.74) is 7.42. The van der Waals surface area contributed by atoms with Crippen LogP contribution in [-0.2, 0) is 11.2 Å². The lowest BCUT2D eigenvalue weighted by atomic mass is 9.80. The molecule has 1 aromatic rings. The van der Waals surface area contributed by atoms with Crippen molar-refractivity contribution < 1.29 is 19.9 Å². The number of rotatable bonds is 9. The second-order valence-corrected chi connectivity index (χ2v) is 6.78. The molecule has 1 aromatic carbocycles. The van der Waals surface area contributed by atoms with Crippen LogP contribution in [0, 0.1) is 11.8 Å². The average Bonchev–Trinajstić information content (AvgIpc) is 2.90. The predicted molar refractivity (Wildman–Crippen MR) is 93.4 cm³/mol. The van der Waals surface area contributed by atoms with Gasteiger partial charge in [-0.15, -0.1) is 0 Å². The van der Waals surface area contributed by atoms with E-state index in [0.29, 0.717) is 32.5 Å². The normalized spacial score (nSPS) is 22.5. The maximum atomic E-state index is 11.5. The third kappa shape index (κ3) is 5.90. The third-order valence-corrected chi connectivity index (χ3v) is 4.70. The zero-order valence-electron chi connectivity index (χ0n) is 13.9. The van der Waals surface area contributed by atoms with E-state index in [2.05, 4.69) is 4.90 Å². The van der Waals surface area contributed by atoms with Crippen molar-refractivity contribution in [2.45, 2.75) is 31.6 Å². The summed E-state index contributed by atoms with van der Waals surface area (Å²) in [6, 6.07) is 10.0.